The maximum absolute atomic E-state index is 5.38. The fourth-order valence-corrected chi connectivity index (χ4v) is 2.48. The van der Waals surface area contributed by atoms with Crippen LogP contribution in [-0.2, 0) is 6.54 Å². The van der Waals surface area contributed by atoms with Gasteiger partial charge < -0.3 is 24.3 Å². The third-order valence-electron chi connectivity index (χ3n) is 3.67. The number of nitrogens with one attached hydrogen (secondary N) is 2. The van der Waals surface area contributed by atoms with E-state index >= 15 is 0 Å². The third-order valence-corrected chi connectivity index (χ3v) is 3.91. The van der Waals surface area contributed by atoms with Crippen LogP contribution in [0.25, 0.3) is 0 Å². The second-order valence-corrected chi connectivity index (χ2v) is 5.77. The second kappa shape index (κ2) is 8.39. The first-order valence-electron chi connectivity index (χ1n) is 7.87. The summed E-state index contributed by atoms with van der Waals surface area (Å²) in [6, 6.07) is 11.4. The van der Waals surface area contributed by atoms with Crippen LogP contribution in [0.2, 0.25) is 0 Å². The van der Waals surface area contributed by atoms with Crippen LogP contribution in [0.3, 0.4) is 0 Å². The summed E-state index contributed by atoms with van der Waals surface area (Å²) in [6.45, 7) is 0.771. The molecule has 0 aliphatic carbocycles. The van der Waals surface area contributed by atoms with Crippen molar-refractivity contribution in [3.63, 3.8) is 0 Å². The molecule has 0 radical (unpaired) electrons. The molecule has 1 aliphatic heterocycles. The van der Waals surface area contributed by atoms with Crippen molar-refractivity contribution < 1.29 is 18.9 Å². The number of ether oxygens (including phenoxy) is 4. The van der Waals surface area contributed by atoms with Gasteiger partial charge in [-0.25, -0.2) is 0 Å². The average Bonchev–Trinajstić information content (AvgIpc) is 3.14. The lowest BCUT2D eigenvalue weighted by Gasteiger charge is -2.08. The summed E-state index contributed by atoms with van der Waals surface area (Å²) in [5.74, 6) is 2.65. The Morgan fingerprint density at radius 3 is 2.73 bits per heavy atom. The first-order valence-corrected chi connectivity index (χ1v) is 8.28. The Balaban J connectivity index is 1.52. The predicted molar refractivity (Wildman–Crippen MR) is 102 cm³/mol. The molecule has 2 aromatic rings. The molecule has 1 heterocycles. The van der Waals surface area contributed by atoms with Gasteiger partial charge in [-0.05, 0) is 42.0 Å². The van der Waals surface area contributed by atoms with E-state index in [0.717, 1.165) is 16.9 Å². The van der Waals surface area contributed by atoms with Crippen LogP contribution in [0.5, 0.6) is 23.0 Å². The predicted octanol–water partition coefficient (Wildman–Crippen LogP) is 2.43. The Morgan fingerprint density at radius 1 is 1.19 bits per heavy atom. The zero-order chi connectivity index (χ0) is 18.4. The molecule has 2 aromatic carbocycles. The average molecular weight is 373 g/mol. The zero-order valence-electron chi connectivity index (χ0n) is 14.4. The van der Waals surface area contributed by atoms with Gasteiger partial charge in [-0.3, -0.25) is 5.43 Å². The number of benzene rings is 2. The first-order chi connectivity index (χ1) is 12.7. The first kappa shape index (κ1) is 17.8. The molecule has 0 unspecified atom stereocenters. The van der Waals surface area contributed by atoms with E-state index in [1.807, 2.05) is 36.4 Å². The van der Waals surface area contributed by atoms with Gasteiger partial charge in [-0.1, -0.05) is 12.1 Å². The number of fused-ring (bicyclic) bond motifs is 1. The number of hydrogen-bond donors (Lipinski definition) is 2. The van der Waals surface area contributed by atoms with Crippen LogP contribution in [0.15, 0.2) is 41.5 Å². The molecule has 7 nitrogen and oxygen atoms in total. The summed E-state index contributed by atoms with van der Waals surface area (Å²) in [7, 11) is 3.22. The largest absolute Gasteiger partial charge is 0.497 e. The van der Waals surface area contributed by atoms with E-state index in [2.05, 4.69) is 15.8 Å². The Morgan fingerprint density at radius 2 is 2.00 bits per heavy atom. The zero-order valence-corrected chi connectivity index (χ0v) is 15.3. The van der Waals surface area contributed by atoms with Crippen LogP contribution >= 0.6 is 12.2 Å². The van der Waals surface area contributed by atoms with Gasteiger partial charge in [-0.15, -0.1) is 0 Å². The molecule has 1 aliphatic rings. The summed E-state index contributed by atoms with van der Waals surface area (Å²) in [6.07, 6.45) is 1.63. The Kier molecular flexibility index (Phi) is 5.75. The summed E-state index contributed by atoms with van der Waals surface area (Å²) in [5, 5.41) is 7.64. The standard InChI is InChI=1S/C18H19N3O4S/c1-22-14-5-3-12(4-6-14)9-19-18(26)21-20-10-13-7-15(23-2)17-16(8-13)24-11-25-17/h3-8,10H,9,11H2,1-2H3,(H2,19,21,26)/b20-10-. The van der Waals surface area contributed by atoms with Crippen molar-refractivity contribution in [1.29, 1.82) is 0 Å². The molecule has 3 rings (SSSR count). The quantitative estimate of drug-likeness (QED) is 0.458. The van der Waals surface area contributed by atoms with Gasteiger partial charge in [-0.2, -0.15) is 5.10 Å². The van der Waals surface area contributed by atoms with E-state index in [9.17, 15) is 0 Å². The van der Waals surface area contributed by atoms with Gasteiger partial charge in [0.05, 0.1) is 20.4 Å². The SMILES string of the molecule is COc1ccc(CNC(=S)N/N=C\c2cc(OC)c3c(c2)OCO3)cc1. The molecule has 0 atom stereocenters. The van der Waals surface area contributed by atoms with E-state index in [4.69, 9.17) is 31.2 Å². The number of hydrogen-bond acceptors (Lipinski definition) is 6. The van der Waals surface area contributed by atoms with Crippen LogP contribution in [0.4, 0.5) is 0 Å². The van der Waals surface area contributed by atoms with Crippen LogP contribution in [0.1, 0.15) is 11.1 Å². The van der Waals surface area contributed by atoms with E-state index in [1.54, 1.807) is 20.4 Å². The third kappa shape index (κ3) is 4.34. The topological polar surface area (TPSA) is 73.3 Å². The van der Waals surface area contributed by atoms with Crippen molar-refractivity contribution in [3.05, 3.63) is 47.5 Å². The van der Waals surface area contributed by atoms with Crippen molar-refractivity contribution in [2.45, 2.75) is 6.54 Å². The molecule has 0 aromatic heterocycles. The fourth-order valence-electron chi connectivity index (χ4n) is 2.36. The molecular formula is C18H19N3O4S. The molecule has 2 N–H and O–H groups in total. The number of rotatable bonds is 6. The van der Waals surface area contributed by atoms with Crippen molar-refractivity contribution in [2.24, 2.45) is 5.10 Å². The Bertz CT molecular complexity index is 809. The van der Waals surface area contributed by atoms with Gasteiger partial charge in [0, 0.05) is 12.1 Å². The molecular weight excluding hydrogens is 354 g/mol. The highest BCUT2D eigenvalue weighted by Gasteiger charge is 2.19. The normalized spacial score (nSPS) is 12.1. The van der Waals surface area contributed by atoms with Crippen LogP contribution < -0.4 is 29.7 Å². The van der Waals surface area contributed by atoms with E-state index in [0.29, 0.717) is 28.9 Å². The minimum Gasteiger partial charge on any atom is -0.497 e. The van der Waals surface area contributed by atoms with Crippen molar-refractivity contribution in [1.82, 2.24) is 10.7 Å². The van der Waals surface area contributed by atoms with E-state index in [-0.39, 0.29) is 6.79 Å². The van der Waals surface area contributed by atoms with Gasteiger partial charge in [0.15, 0.2) is 16.6 Å². The molecule has 0 fully saturated rings. The molecule has 0 saturated heterocycles. The fraction of sp³-hybridized carbons (Fsp3) is 0.222. The van der Waals surface area contributed by atoms with Crippen LogP contribution in [0, 0.1) is 0 Å². The number of thiocarbonyl (C=S) groups is 1. The Hall–Kier alpha value is -3.00. The lowest BCUT2D eigenvalue weighted by molar-refractivity contribution is 0.171. The van der Waals surface area contributed by atoms with Crippen molar-refractivity contribution >= 4 is 23.5 Å². The monoisotopic (exact) mass is 373 g/mol. The summed E-state index contributed by atoms with van der Waals surface area (Å²) in [5.41, 5.74) is 4.67. The molecule has 0 saturated carbocycles. The second-order valence-electron chi connectivity index (χ2n) is 5.36. The molecule has 26 heavy (non-hydrogen) atoms. The van der Waals surface area contributed by atoms with Gasteiger partial charge >= 0.3 is 0 Å². The van der Waals surface area contributed by atoms with Gasteiger partial charge in [0.1, 0.15) is 5.75 Å². The van der Waals surface area contributed by atoms with E-state index < -0.39 is 0 Å². The number of hydrazone groups is 1. The highest BCUT2D eigenvalue weighted by Crippen LogP contribution is 2.41. The number of methoxy groups -OCH3 is 2. The number of nitrogens with zero attached hydrogens (tertiary/aromatic N) is 1. The molecule has 0 bridgehead atoms. The maximum Gasteiger partial charge on any atom is 0.231 e. The maximum atomic E-state index is 5.38. The minimum absolute atomic E-state index is 0.184. The Labute approximate surface area is 156 Å². The van der Waals surface area contributed by atoms with Gasteiger partial charge in [0.2, 0.25) is 12.5 Å². The van der Waals surface area contributed by atoms with Gasteiger partial charge in [0.25, 0.3) is 0 Å². The minimum atomic E-state index is 0.184. The molecule has 0 spiro atoms. The summed E-state index contributed by atoms with van der Waals surface area (Å²) >= 11 is 5.22. The summed E-state index contributed by atoms with van der Waals surface area (Å²) in [4.78, 5) is 0. The lowest BCUT2D eigenvalue weighted by Crippen LogP contribution is -2.31. The lowest BCUT2D eigenvalue weighted by atomic mass is 10.2. The van der Waals surface area contributed by atoms with Crippen LogP contribution in [-0.4, -0.2) is 32.3 Å². The van der Waals surface area contributed by atoms with Crippen molar-refractivity contribution in [3.8, 4) is 23.0 Å². The smallest absolute Gasteiger partial charge is 0.231 e. The highest BCUT2D eigenvalue weighted by atomic mass is 32.1. The summed E-state index contributed by atoms with van der Waals surface area (Å²) < 4.78 is 21.2. The van der Waals surface area contributed by atoms with E-state index in [1.165, 1.54) is 0 Å². The molecule has 136 valence electrons. The molecule has 8 heteroatoms. The van der Waals surface area contributed by atoms with Crippen molar-refractivity contribution in [2.75, 3.05) is 21.0 Å². The molecule has 0 amide bonds. The highest BCUT2D eigenvalue weighted by molar-refractivity contribution is 7.80.